The predicted octanol–water partition coefficient (Wildman–Crippen LogP) is 4.62. The topological polar surface area (TPSA) is 98.2 Å². The third-order valence-electron chi connectivity index (χ3n) is 6.04. The predicted molar refractivity (Wildman–Crippen MR) is 133 cm³/mol. The van der Waals surface area contributed by atoms with Gasteiger partial charge in [0.1, 0.15) is 11.5 Å². The second-order valence-corrected chi connectivity index (χ2v) is 8.73. The summed E-state index contributed by atoms with van der Waals surface area (Å²) in [4.78, 5) is 29.2. The molecule has 1 aliphatic heterocycles. The first-order chi connectivity index (χ1) is 17.5. The molecule has 0 spiro atoms. The Labute approximate surface area is 210 Å². The van der Waals surface area contributed by atoms with Crippen LogP contribution in [-0.4, -0.2) is 53.4 Å². The Hall–Kier alpha value is -4.07. The summed E-state index contributed by atoms with van der Waals surface area (Å²) < 4.78 is 17.0. The fraction of sp³-hybridized carbons (Fsp3) is 0.321. The summed E-state index contributed by atoms with van der Waals surface area (Å²) in [6.45, 7) is 2.32. The number of pyridine rings is 1. The van der Waals surface area contributed by atoms with E-state index in [1.54, 1.807) is 47.5 Å². The normalized spacial score (nSPS) is 13.7. The lowest BCUT2D eigenvalue weighted by molar-refractivity contribution is -0.136. The van der Waals surface area contributed by atoms with Crippen LogP contribution in [0.2, 0.25) is 0 Å². The first-order valence-electron chi connectivity index (χ1n) is 12.1. The minimum absolute atomic E-state index is 0.000612. The minimum Gasteiger partial charge on any atom is -0.493 e. The number of ether oxygens (including phenoxy) is 3. The van der Waals surface area contributed by atoms with Crippen LogP contribution < -0.4 is 14.2 Å². The molecule has 1 aromatic heterocycles. The molecule has 0 bridgehead atoms. The van der Waals surface area contributed by atoms with Crippen molar-refractivity contribution in [3.8, 4) is 17.4 Å². The minimum atomic E-state index is -0.853. The first-order valence-corrected chi connectivity index (χ1v) is 12.1. The van der Waals surface area contributed by atoms with E-state index in [2.05, 4.69) is 4.98 Å². The van der Waals surface area contributed by atoms with E-state index in [0.29, 0.717) is 43.9 Å². The highest BCUT2D eigenvalue weighted by atomic mass is 16.6. The van der Waals surface area contributed by atoms with E-state index < -0.39 is 5.97 Å². The van der Waals surface area contributed by atoms with Crippen LogP contribution in [0.1, 0.15) is 24.0 Å². The van der Waals surface area contributed by atoms with Crippen LogP contribution in [0.15, 0.2) is 72.9 Å². The number of amides is 1. The summed E-state index contributed by atoms with van der Waals surface area (Å²) in [6.07, 6.45) is 3.76. The standard InChI is InChI=1S/C28H30N2O6/c31-27(32)19-22-6-8-24(9-7-22)35-20-23-12-16-30(17-13-23)28(33)36-25-10-4-21(5-11-25)14-18-34-26-3-1-2-15-29-26/h1-11,15,23H,12-14,16-20H2,(H,31,32). The number of carboxylic acid groups (broad SMARTS) is 1. The summed E-state index contributed by atoms with van der Waals surface area (Å²) in [5.41, 5.74) is 1.83. The van der Waals surface area contributed by atoms with E-state index in [-0.39, 0.29) is 12.5 Å². The molecule has 1 N–H and O–H groups in total. The molecular formula is C28H30N2O6. The molecule has 36 heavy (non-hydrogen) atoms. The van der Waals surface area contributed by atoms with Crippen LogP contribution in [0.3, 0.4) is 0 Å². The average Bonchev–Trinajstić information content (AvgIpc) is 2.90. The number of benzene rings is 2. The molecule has 0 atom stereocenters. The van der Waals surface area contributed by atoms with E-state index in [4.69, 9.17) is 19.3 Å². The van der Waals surface area contributed by atoms with Crippen molar-refractivity contribution in [2.24, 2.45) is 5.92 Å². The van der Waals surface area contributed by atoms with Gasteiger partial charge in [0.2, 0.25) is 5.88 Å². The van der Waals surface area contributed by atoms with Gasteiger partial charge in [-0.1, -0.05) is 30.3 Å². The Balaban J connectivity index is 1.14. The van der Waals surface area contributed by atoms with Gasteiger partial charge in [0, 0.05) is 31.8 Å². The van der Waals surface area contributed by atoms with E-state index in [1.165, 1.54) is 0 Å². The summed E-state index contributed by atoms with van der Waals surface area (Å²) in [5.74, 6) is 1.34. The summed E-state index contributed by atoms with van der Waals surface area (Å²) in [5, 5.41) is 8.85. The highest BCUT2D eigenvalue weighted by Gasteiger charge is 2.24. The number of likely N-dealkylation sites (tertiary alicyclic amines) is 1. The third kappa shape index (κ3) is 7.73. The number of carbonyl (C=O) groups excluding carboxylic acids is 1. The van der Waals surface area contributed by atoms with Crippen LogP contribution >= 0.6 is 0 Å². The average molecular weight is 491 g/mol. The molecule has 3 aromatic rings. The maximum absolute atomic E-state index is 12.6. The molecule has 1 amide bonds. The zero-order chi connectivity index (χ0) is 25.2. The van der Waals surface area contributed by atoms with Gasteiger partial charge in [-0.3, -0.25) is 4.79 Å². The SMILES string of the molecule is O=C(O)Cc1ccc(OCC2CCN(C(=O)Oc3ccc(CCOc4ccccn4)cc3)CC2)cc1. The fourth-order valence-electron chi connectivity index (χ4n) is 3.97. The molecule has 0 radical (unpaired) electrons. The van der Waals surface area contributed by atoms with Crippen molar-refractivity contribution in [2.75, 3.05) is 26.3 Å². The van der Waals surface area contributed by atoms with Gasteiger partial charge >= 0.3 is 12.1 Å². The van der Waals surface area contributed by atoms with Gasteiger partial charge in [-0.2, -0.15) is 0 Å². The molecule has 1 aliphatic rings. The van der Waals surface area contributed by atoms with Crippen LogP contribution in [0.25, 0.3) is 0 Å². The van der Waals surface area contributed by atoms with Crippen molar-refractivity contribution in [2.45, 2.75) is 25.7 Å². The maximum atomic E-state index is 12.6. The largest absolute Gasteiger partial charge is 0.493 e. The maximum Gasteiger partial charge on any atom is 0.415 e. The van der Waals surface area contributed by atoms with Crippen molar-refractivity contribution in [3.63, 3.8) is 0 Å². The van der Waals surface area contributed by atoms with E-state index in [9.17, 15) is 9.59 Å². The molecule has 1 saturated heterocycles. The second kappa shape index (κ2) is 12.6. The van der Waals surface area contributed by atoms with Gasteiger partial charge in [-0.25, -0.2) is 9.78 Å². The molecule has 8 nitrogen and oxygen atoms in total. The quantitative estimate of drug-likeness (QED) is 0.443. The number of carboxylic acids is 1. The number of nitrogens with zero attached hydrogens (tertiary/aromatic N) is 2. The van der Waals surface area contributed by atoms with Crippen molar-refractivity contribution in [1.82, 2.24) is 9.88 Å². The van der Waals surface area contributed by atoms with Crippen LogP contribution in [0.4, 0.5) is 4.79 Å². The van der Waals surface area contributed by atoms with Crippen molar-refractivity contribution in [3.05, 3.63) is 84.1 Å². The summed E-state index contributed by atoms with van der Waals surface area (Å²) >= 11 is 0. The van der Waals surface area contributed by atoms with Gasteiger partial charge in [0.15, 0.2) is 0 Å². The highest BCUT2D eigenvalue weighted by molar-refractivity contribution is 5.71. The van der Waals surface area contributed by atoms with Crippen LogP contribution in [-0.2, 0) is 17.6 Å². The van der Waals surface area contributed by atoms with E-state index in [0.717, 1.165) is 36.1 Å². The number of hydrogen-bond acceptors (Lipinski definition) is 6. The Morgan fingerprint density at radius 3 is 2.25 bits per heavy atom. The zero-order valence-electron chi connectivity index (χ0n) is 20.0. The monoisotopic (exact) mass is 490 g/mol. The molecule has 0 aliphatic carbocycles. The molecule has 0 unspecified atom stereocenters. The number of hydrogen-bond donors (Lipinski definition) is 1. The highest BCUT2D eigenvalue weighted by Crippen LogP contribution is 2.22. The Bertz CT molecular complexity index is 1110. The Morgan fingerprint density at radius 1 is 0.889 bits per heavy atom. The molecule has 2 aromatic carbocycles. The Morgan fingerprint density at radius 2 is 1.58 bits per heavy atom. The number of aliphatic carboxylic acids is 1. The lowest BCUT2D eigenvalue weighted by atomic mass is 9.98. The zero-order valence-corrected chi connectivity index (χ0v) is 20.0. The lowest BCUT2D eigenvalue weighted by Crippen LogP contribution is -2.41. The number of aromatic nitrogens is 1. The molecule has 8 heteroatoms. The van der Waals surface area contributed by atoms with Gasteiger partial charge in [0.05, 0.1) is 19.6 Å². The molecule has 2 heterocycles. The Kier molecular flexibility index (Phi) is 8.75. The second-order valence-electron chi connectivity index (χ2n) is 8.73. The van der Waals surface area contributed by atoms with Gasteiger partial charge in [0.25, 0.3) is 0 Å². The van der Waals surface area contributed by atoms with Gasteiger partial charge in [-0.15, -0.1) is 0 Å². The molecule has 1 fully saturated rings. The molecule has 188 valence electrons. The van der Waals surface area contributed by atoms with Crippen molar-refractivity contribution >= 4 is 12.1 Å². The van der Waals surface area contributed by atoms with E-state index in [1.807, 2.05) is 30.3 Å². The number of rotatable bonds is 10. The van der Waals surface area contributed by atoms with Crippen molar-refractivity contribution < 1.29 is 28.9 Å². The van der Waals surface area contributed by atoms with Crippen molar-refractivity contribution in [1.29, 1.82) is 0 Å². The molecular weight excluding hydrogens is 460 g/mol. The molecule has 4 rings (SSSR count). The smallest absolute Gasteiger partial charge is 0.415 e. The van der Waals surface area contributed by atoms with E-state index >= 15 is 0 Å². The third-order valence-corrected chi connectivity index (χ3v) is 6.04. The van der Waals surface area contributed by atoms with Crippen LogP contribution in [0, 0.1) is 5.92 Å². The summed E-state index contributed by atoms with van der Waals surface area (Å²) in [6, 6.07) is 20.1. The van der Waals surface area contributed by atoms with Gasteiger partial charge in [-0.05, 0) is 60.2 Å². The lowest BCUT2D eigenvalue weighted by Gasteiger charge is -2.31. The molecule has 0 saturated carbocycles. The first kappa shape index (κ1) is 25.0. The number of carbonyl (C=O) groups is 2. The van der Waals surface area contributed by atoms with Crippen LogP contribution in [0.5, 0.6) is 17.4 Å². The summed E-state index contributed by atoms with van der Waals surface area (Å²) in [7, 11) is 0. The number of piperidine rings is 1. The van der Waals surface area contributed by atoms with Gasteiger partial charge < -0.3 is 24.2 Å². The fourth-order valence-corrected chi connectivity index (χ4v) is 3.97.